The molecule has 7 N–H and O–H groups in total. The molecule has 0 bridgehead atoms. The molecule has 1 saturated heterocycles. The third kappa shape index (κ3) is 13.2. The number of aryl methyl sites for hydroxylation is 1. The lowest BCUT2D eigenvalue weighted by molar-refractivity contribution is -0.137. The van der Waals surface area contributed by atoms with Gasteiger partial charge in [-0.2, -0.15) is 8.78 Å². The topological polar surface area (TPSA) is 294 Å². The van der Waals surface area contributed by atoms with Crippen LogP contribution >= 0.6 is 7.60 Å². The molecule has 4 aliphatic rings. The molecule has 20 nitrogen and oxygen atoms in total. The highest BCUT2D eigenvalue weighted by Crippen LogP contribution is 2.59. The fourth-order valence-corrected chi connectivity index (χ4v) is 12.8. The Morgan fingerprint density at radius 3 is 2.15 bits per heavy atom. The van der Waals surface area contributed by atoms with Gasteiger partial charge in [0.1, 0.15) is 29.6 Å². The van der Waals surface area contributed by atoms with E-state index in [0.29, 0.717) is 66.0 Å². The minimum Gasteiger partial charge on any atom is -0.493 e. The van der Waals surface area contributed by atoms with Crippen LogP contribution < -0.4 is 31.3 Å². The second kappa shape index (κ2) is 26.1. The maximum atomic E-state index is 15.1. The molecule has 454 valence electrons. The van der Waals surface area contributed by atoms with Crippen molar-refractivity contribution in [3.8, 4) is 5.75 Å². The van der Waals surface area contributed by atoms with Crippen LogP contribution in [0.1, 0.15) is 148 Å². The van der Waals surface area contributed by atoms with E-state index in [0.717, 1.165) is 52.8 Å². The van der Waals surface area contributed by atoms with Gasteiger partial charge in [-0.15, -0.1) is 0 Å². The number of alkyl halides is 2. The standard InChI is InChI=1S/C64H66F2N7O13P/c65-64(66,87(83,84)85)43-25-28-49-42(33-43)35-51(72(49)57(77)23-11-3-1-2-4-12-32-86-54-22-14-21-44-46(54)37-71(62(44)81)50-29-31-56(76)70-59(50)78)60(79)69-48-26-24-40-19-13-20-41-34-52(73(58(40)41)63(48)82)61(80)68-47(27-30-55(67)75)53(74)36-45(38-15-7-5-8-16-38)39-17-9-6-10-18-39/h5-10,13-22,25,28,33,35,45,47-48,50,52H,1-4,11-12,23-24,26-27,29-32,34,36-37H2,(H2,67,75)(H,68,80)(H,69,79)(H,70,76,78)(H2,83,84,85)/t47-,48-,50?,52-/m0/s1. The number of carbonyl (C=O) groups is 9. The zero-order chi connectivity index (χ0) is 61.7. The SMILES string of the molecule is NC(=O)CC[C@H](NC(=O)[C@@H]1Cc2cccc3c2N1C(=O)[C@@H](NC(=O)c1cc2cc(C(F)(F)P(=O)(O)O)ccc2n1C(=O)CCCCCCCCOc1cccc2c1CN(C1CCC(=O)NC1=O)C2=O)CC3)C(=O)CC(c1ccccc1)c1ccccc1. The van der Waals surface area contributed by atoms with Gasteiger partial charge >= 0.3 is 13.3 Å². The Kier molecular flexibility index (Phi) is 18.4. The van der Waals surface area contributed by atoms with Gasteiger partial charge in [-0.1, -0.05) is 117 Å². The minimum absolute atomic E-state index is 0.00710. The number of hydrogen-bond donors (Lipinski definition) is 6. The second-order valence-electron chi connectivity index (χ2n) is 22.5. The number of carbonyl (C=O) groups excluding carboxylic acids is 9. The molecule has 4 atom stereocenters. The molecule has 10 rings (SSSR count). The van der Waals surface area contributed by atoms with E-state index in [1.807, 2.05) is 60.7 Å². The molecular weight excluding hydrogens is 1140 g/mol. The van der Waals surface area contributed by atoms with Crippen molar-refractivity contribution in [3.05, 3.63) is 166 Å². The number of Topliss-reactive ketones (excluding diaryl/α,β-unsaturated/α-hetero) is 1. The van der Waals surface area contributed by atoms with Gasteiger partial charge in [-0.25, -0.2) is 0 Å². The van der Waals surface area contributed by atoms with Crippen molar-refractivity contribution in [1.29, 1.82) is 0 Å². The number of amides is 7. The number of primary amides is 1. The highest BCUT2D eigenvalue weighted by molar-refractivity contribution is 7.52. The van der Waals surface area contributed by atoms with E-state index in [9.17, 15) is 52.7 Å². The third-order valence-corrected chi connectivity index (χ3v) is 17.8. The van der Waals surface area contributed by atoms with Crippen LogP contribution in [0.5, 0.6) is 5.75 Å². The summed E-state index contributed by atoms with van der Waals surface area (Å²) in [5, 5.41) is 7.80. The molecular formula is C64H66F2N7O13P. The summed E-state index contributed by atoms with van der Waals surface area (Å²) in [6, 6.07) is 28.6. The van der Waals surface area contributed by atoms with E-state index >= 15 is 13.6 Å². The Morgan fingerprint density at radius 2 is 1.46 bits per heavy atom. The first-order valence-corrected chi connectivity index (χ1v) is 30.8. The maximum absolute atomic E-state index is 15.1. The number of fused-ring (bicyclic) bond motifs is 2. The molecule has 5 heterocycles. The fraction of sp³-hybridized carbons (Fsp3) is 0.359. The first kappa shape index (κ1) is 61.4. The number of ether oxygens (including phenoxy) is 1. The number of nitrogens with one attached hydrogen (secondary N) is 3. The van der Waals surface area contributed by atoms with Crippen LogP contribution in [0, 0.1) is 0 Å². The van der Waals surface area contributed by atoms with E-state index in [-0.39, 0.29) is 98.5 Å². The number of anilines is 1. The van der Waals surface area contributed by atoms with Crippen molar-refractivity contribution < 1.29 is 71.0 Å². The van der Waals surface area contributed by atoms with E-state index in [1.165, 1.54) is 9.80 Å². The van der Waals surface area contributed by atoms with E-state index in [2.05, 4.69) is 16.0 Å². The predicted octanol–water partition coefficient (Wildman–Crippen LogP) is 7.62. The van der Waals surface area contributed by atoms with Gasteiger partial charge in [0.25, 0.3) is 11.8 Å². The molecule has 0 saturated carbocycles. The monoisotopic (exact) mass is 1210 g/mol. The molecule has 4 aliphatic heterocycles. The van der Waals surface area contributed by atoms with Crippen LogP contribution in [-0.4, -0.2) is 103 Å². The molecule has 1 unspecified atom stereocenters. The van der Waals surface area contributed by atoms with Gasteiger partial charge in [0.05, 0.1) is 30.4 Å². The highest BCUT2D eigenvalue weighted by Gasteiger charge is 2.51. The van der Waals surface area contributed by atoms with Crippen LogP contribution in [0.2, 0.25) is 0 Å². The predicted molar refractivity (Wildman–Crippen MR) is 315 cm³/mol. The zero-order valence-corrected chi connectivity index (χ0v) is 48.4. The molecule has 5 aromatic carbocycles. The molecule has 0 aliphatic carbocycles. The van der Waals surface area contributed by atoms with Crippen LogP contribution in [-0.2, 0) is 58.4 Å². The zero-order valence-electron chi connectivity index (χ0n) is 47.5. The number of benzene rings is 5. The van der Waals surface area contributed by atoms with Gasteiger partial charge < -0.3 is 35.8 Å². The van der Waals surface area contributed by atoms with Crippen molar-refractivity contribution in [3.63, 3.8) is 0 Å². The first-order chi connectivity index (χ1) is 41.7. The van der Waals surface area contributed by atoms with Crippen molar-refractivity contribution >= 4 is 77.2 Å². The summed E-state index contributed by atoms with van der Waals surface area (Å²) in [7, 11) is -6.03. The number of nitrogens with two attached hydrogens (primary N) is 1. The van der Waals surface area contributed by atoms with Crippen molar-refractivity contribution in [2.75, 3.05) is 11.5 Å². The fourth-order valence-electron chi connectivity index (χ4n) is 12.3. The summed E-state index contributed by atoms with van der Waals surface area (Å²) in [5.74, 6) is -5.02. The van der Waals surface area contributed by atoms with Gasteiger partial charge in [0.15, 0.2) is 5.78 Å². The molecule has 1 fully saturated rings. The largest absolute Gasteiger partial charge is 0.493 e. The van der Waals surface area contributed by atoms with E-state index in [1.54, 1.807) is 36.4 Å². The number of ketones is 1. The molecule has 0 radical (unpaired) electrons. The smallest absolute Gasteiger partial charge is 0.399 e. The summed E-state index contributed by atoms with van der Waals surface area (Å²) in [4.78, 5) is 145. The van der Waals surface area contributed by atoms with E-state index in [4.69, 9.17) is 10.5 Å². The lowest BCUT2D eigenvalue weighted by Crippen LogP contribution is -2.56. The number of nitrogens with zero attached hydrogens (tertiary/aromatic N) is 3. The van der Waals surface area contributed by atoms with Gasteiger partial charge in [0, 0.05) is 60.1 Å². The number of unbranched alkanes of at least 4 members (excludes halogenated alkanes) is 5. The number of halogens is 2. The average molecular weight is 1210 g/mol. The molecule has 87 heavy (non-hydrogen) atoms. The number of hydrogen-bond acceptors (Lipinski definition) is 11. The van der Waals surface area contributed by atoms with E-state index < -0.39 is 84.4 Å². The highest BCUT2D eigenvalue weighted by atomic mass is 31.2. The Balaban J connectivity index is 0.806. The lowest BCUT2D eigenvalue weighted by atomic mass is 9.85. The quantitative estimate of drug-likeness (QED) is 0.0183. The van der Waals surface area contributed by atoms with Gasteiger partial charge in [-0.05, 0) is 91.1 Å². The maximum Gasteiger partial charge on any atom is 0.399 e. The normalized spacial score (nSPS) is 17.8. The average Bonchev–Trinajstić information content (AvgIpc) is 1.77. The number of aromatic nitrogens is 1. The molecule has 23 heteroatoms. The van der Waals surface area contributed by atoms with Crippen LogP contribution in [0.4, 0.5) is 14.5 Å². The Labute approximate surface area is 499 Å². The van der Waals surface area contributed by atoms with Crippen LogP contribution in [0.3, 0.4) is 0 Å². The first-order valence-electron chi connectivity index (χ1n) is 29.2. The lowest BCUT2D eigenvalue weighted by Gasteiger charge is -2.29. The van der Waals surface area contributed by atoms with Gasteiger partial charge in [0.2, 0.25) is 35.4 Å². The summed E-state index contributed by atoms with van der Waals surface area (Å²) in [6.07, 6.45) is 4.06. The number of imide groups is 1. The molecule has 0 spiro atoms. The number of rotatable bonds is 25. The van der Waals surface area contributed by atoms with Crippen molar-refractivity contribution in [2.24, 2.45) is 5.73 Å². The summed E-state index contributed by atoms with van der Waals surface area (Å²) >= 11 is 0. The second-order valence-corrected chi connectivity index (χ2v) is 24.2. The molecule has 6 aromatic rings. The summed E-state index contributed by atoms with van der Waals surface area (Å²) in [6.45, 7) is 0.519. The van der Waals surface area contributed by atoms with Gasteiger partial charge in [-0.3, -0.25) is 62.5 Å². The summed E-state index contributed by atoms with van der Waals surface area (Å²) < 4.78 is 49.4. The Bertz CT molecular complexity index is 3700. The Hall–Kier alpha value is -8.72. The third-order valence-electron chi connectivity index (χ3n) is 16.8. The number of piperidine rings is 1. The van der Waals surface area contributed by atoms with Crippen LogP contribution in [0.25, 0.3) is 10.9 Å². The van der Waals surface area contributed by atoms with Crippen LogP contribution in [0.15, 0.2) is 121 Å². The van der Waals surface area contributed by atoms with Crippen molar-refractivity contribution in [1.82, 2.24) is 25.4 Å². The number of para-hydroxylation sites is 1. The molecule has 7 amide bonds. The minimum atomic E-state index is -6.03. The summed E-state index contributed by atoms with van der Waals surface area (Å²) in [5.41, 5.74) is 4.22. The molecule has 1 aromatic heterocycles. The van der Waals surface area contributed by atoms with Crippen molar-refractivity contribution in [2.45, 2.75) is 139 Å². The Morgan fingerprint density at radius 1 is 0.782 bits per heavy atom.